The molecular formula is C26H34N3O16+. The second-order valence-electron chi connectivity index (χ2n) is 10.00. The van der Waals surface area contributed by atoms with Gasteiger partial charge in [-0.1, -0.05) is 0 Å². The van der Waals surface area contributed by atoms with Gasteiger partial charge in [0.15, 0.2) is 12.2 Å². The number of primary amides is 1. The van der Waals surface area contributed by atoms with Gasteiger partial charge in [-0.05, 0) is 0 Å². The molecule has 3 rings (SSSR count). The van der Waals surface area contributed by atoms with Crippen LogP contribution in [0.25, 0.3) is 0 Å². The Hall–Kier alpha value is -4.78. The first-order valence-electron chi connectivity index (χ1n) is 13.4. The van der Waals surface area contributed by atoms with Crippen LogP contribution in [0.1, 0.15) is 64.5 Å². The minimum Gasteiger partial charge on any atom is -0.474 e. The van der Waals surface area contributed by atoms with Gasteiger partial charge in [0.05, 0.1) is 0 Å². The lowest BCUT2D eigenvalue weighted by molar-refractivity contribution is -0.768. The fraction of sp³-hybridized carbons (Fsp3) is 0.615. The molecular weight excluding hydrogens is 610 g/mol. The zero-order valence-electron chi connectivity index (χ0n) is 25.2. The number of nitrogens with two attached hydrogens (primary N) is 1. The predicted octanol–water partition coefficient (Wildman–Crippen LogP) is -1.77. The van der Waals surface area contributed by atoms with Crippen LogP contribution in [0, 0.1) is 0 Å². The molecule has 1 aromatic heterocycles. The van der Waals surface area contributed by atoms with E-state index in [0.29, 0.717) is 0 Å². The van der Waals surface area contributed by atoms with Gasteiger partial charge in [0.1, 0.15) is 25.4 Å². The summed E-state index contributed by atoms with van der Waals surface area (Å²) in [5, 5.41) is 11.3. The molecule has 2 saturated heterocycles. The SMILES string of the molecule is CC(=O)OC[C@H]1O[C@@H](n2c[n+]([C@@H]3O[C@H](COC(C)=O)[C@@H](OC(C)=O)[C@H]3OC(C)=O)c(O)c2C(N)=O)[C@H](OC(C)=O)[C@@H]1OC(C)=O. The van der Waals surface area contributed by atoms with Crippen LogP contribution in [0.2, 0.25) is 0 Å². The third-order valence-corrected chi connectivity index (χ3v) is 6.43. The normalized spacial score (nSPS) is 27.2. The maximum absolute atomic E-state index is 12.7. The maximum atomic E-state index is 12.7. The van der Waals surface area contributed by atoms with Gasteiger partial charge in [0.2, 0.25) is 24.7 Å². The molecule has 0 radical (unpaired) electrons. The van der Waals surface area contributed by atoms with Crippen LogP contribution in [-0.4, -0.2) is 101 Å². The highest BCUT2D eigenvalue weighted by molar-refractivity contribution is 5.92. The Labute approximate surface area is 255 Å². The minimum absolute atomic E-state index is 0.464. The molecule has 0 spiro atoms. The quantitative estimate of drug-likeness (QED) is 0.154. The highest BCUT2D eigenvalue weighted by Crippen LogP contribution is 2.38. The molecule has 0 bridgehead atoms. The summed E-state index contributed by atoms with van der Waals surface area (Å²) in [6, 6.07) is 0. The molecule has 248 valence electrons. The molecule has 0 unspecified atom stereocenters. The molecule has 19 nitrogen and oxygen atoms in total. The Bertz CT molecular complexity index is 1360. The molecule has 1 amide bonds. The van der Waals surface area contributed by atoms with Gasteiger partial charge in [-0.2, -0.15) is 9.13 Å². The molecule has 0 aromatic carbocycles. The molecule has 0 saturated carbocycles. The summed E-state index contributed by atoms with van der Waals surface area (Å²) in [5.41, 5.74) is 4.97. The number of esters is 6. The van der Waals surface area contributed by atoms with Crippen molar-refractivity contribution in [2.24, 2.45) is 5.73 Å². The fourth-order valence-electron chi connectivity index (χ4n) is 4.93. The molecule has 45 heavy (non-hydrogen) atoms. The third kappa shape index (κ3) is 8.24. The Morgan fingerprint density at radius 3 is 1.58 bits per heavy atom. The van der Waals surface area contributed by atoms with Gasteiger partial charge in [-0.15, -0.1) is 0 Å². The number of hydrogen-bond donors (Lipinski definition) is 2. The number of ether oxygens (including phenoxy) is 8. The monoisotopic (exact) mass is 644 g/mol. The van der Waals surface area contributed by atoms with Gasteiger partial charge < -0.3 is 48.7 Å². The largest absolute Gasteiger partial charge is 0.474 e. The Morgan fingerprint density at radius 1 is 0.711 bits per heavy atom. The number of carbonyl (C=O) groups is 7. The number of aromatic nitrogens is 2. The highest BCUT2D eigenvalue weighted by Gasteiger charge is 2.57. The van der Waals surface area contributed by atoms with E-state index < -0.39 is 116 Å². The zero-order valence-corrected chi connectivity index (χ0v) is 25.2. The van der Waals surface area contributed by atoms with Crippen LogP contribution in [-0.2, 0) is 66.7 Å². The molecule has 3 N–H and O–H groups in total. The van der Waals surface area contributed by atoms with Crippen molar-refractivity contribution >= 4 is 41.7 Å². The van der Waals surface area contributed by atoms with Crippen LogP contribution in [0.4, 0.5) is 0 Å². The van der Waals surface area contributed by atoms with Crippen LogP contribution in [0.3, 0.4) is 0 Å². The van der Waals surface area contributed by atoms with Crippen molar-refractivity contribution in [3.8, 4) is 5.88 Å². The van der Waals surface area contributed by atoms with Crippen molar-refractivity contribution in [1.29, 1.82) is 0 Å². The number of rotatable bonds is 11. The van der Waals surface area contributed by atoms with Crippen molar-refractivity contribution in [3.05, 3.63) is 12.0 Å². The fourth-order valence-corrected chi connectivity index (χ4v) is 4.93. The molecule has 1 aromatic rings. The molecule has 19 heteroatoms. The number of nitrogens with zero attached hydrogens (tertiary/aromatic N) is 2. The molecule has 0 aliphatic carbocycles. The van der Waals surface area contributed by atoms with E-state index in [1.54, 1.807) is 0 Å². The van der Waals surface area contributed by atoms with E-state index in [2.05, 4.69) is 0 Å². The van der Waals surface area contributed by atoms with Crippen LogP contribution in [0.15, 0.2) is 6.33 Å². The van der Waals surface area contributed by atoms with Gasteiger partial charge in [-0.3, -0.25) is 33.6 Å². The zero-order chi connectivity index (χ0) is 33.7. The smallest absolute Gasteiger partial charge is 0.338 e. The van der Waals surface area contributed by atoms with Crippen LogP contribution >= 0.6 is 0 Å². The first-order valence-corrected chi connectivity index (χ1v) is 13.4. The summed E-state index contributed by atoms with van der Waals surface area (Å²) >= 11 is 0. The Balaban J connectivity index is 2.16. The van der Waals surface area contributed by atoms with Crippen LogP contribution < -0.4 is 10.3 Å². The average molecular weight is 645 g/mol. The molecule has 8 atom stereocenters. The number of aromatic hydroxyl groups is 1. The maximum Gasteiger partial charge on any atom is 0.338 e. The minimum atomic E-state index is -1.54. The summed E-state index contributed by atoms with van der Waals surface area (Å²) in [6.07, 6.45) is -10.2. The van der Waals surface area contributed by atoms with E-state index in [1.807, 2.05) is 0 Å². The summed E-state index contributed by atoms with van der Waals surface area (Å²) in [5.74, 6) is -6.81. The first-order chi connectivity index (χ1) is 21.0. The van der Waals surface area contributed by atoms with Gasteiger partial charge in [0, 0.05) is 41.5 Å². The van der Waals surface area contributed by atoms with Gasteiger partial charge >= 0.3 is 41.7 Å². The van der Waals surface area contributed by atoms with E-state index in [1.165, 1.54) is 0 Å². The number of imidazole rings is 1. The van der Waals surface area contributed by atoms with E-state index in [-0.39, 0.29) is 0 Å². The lowest BCUT2D eigenvalue weighted by Crippen LogP contribution is -2.48. The van der Waals surface area contributed by atoms with Crippen molar-refractivity contribution in [2.45, 2.75) is 90.6 Å². The van der Waals surface area contributed by atoms with Crippen molar-refractivity contribution in [1.82, 2.24) is 4.57 Å². The Morgan fingerprint density at radius 2 is 1.13 bits per heavy atom. The Kier molecular flexibility index (Phi) is 11.1. The van der Waals surface area contributed by atoms with Crippen molar-refractivity contribution in [3.63, 3.8) is 0 Å². The van der Waals surface area contributed by atoms with Crippen LogP contribution in [0.5, 0.6) is 5.88 Å². The lowest BCUT2D eigenvalue weighted by Gasteiger charge is -2.22. The standard InChI is InChI=1S/C26H33N3O16/c1-10(30)38-7-16-19(40-12(3)32)21(42-14(5)34)25(44-16)28-9-29(24(37)18(28)23(27)36)26-22(43-15(6)35)20(41-13(4)33)17(45-26)8-39-11(2)31/h9,16-17,19-22,25-26H,7-8H2,1-6H3,(H2-,27,36,37)/p+1/t16-,17-,19-,20-,21-,22-,25-,26-/m1/s1. The van der Waals surface area contributed by atoms with E-state index in [0.717, 1.165) is 57.0 Å². The second kappa shape index (κ2) is 14.3. The molecule has 2 fully saturated rings. The van der Waals surface area contributed by atoms with Crippen molar-refractivity contribution in [2.75, 3.05) is 13.2 Å². The van der Waals surface area contributed by atoms with Gasteiger partial charge in [-0.25, -0.2) is 0 Å². The topological polar surface area (TPSA) is 248 Å². The highest BCUT2D eigenvalue weighted by atomic mass is 16.7. The molecule has 2 aliphatic rings. The van der Waals surface area contributed by atoms with E-state index >= 15 is 0 Å². The number of amides is 1. The van der Waals surface area contributed by atoms with Crippen molar-refractivity contribution < 1.29 is 81.1 Å². The van der Waals surface area contributed by atoms with Gasteiger partial charge in [0.25, 0.3) is 17.9 Å². The first kappa shape index (κ1) is 34.7. The average Bonchev–Trinajstić information content (AvgIpc) is 3.52. The summed E-state index contributed by atoms with van der Waals surface area (Å²) in [6.45, 7) is 5.56. The number of hydrogen-bond acceptors (Lipinski definition) is 16. The lowest BCUT2D eigenvalue weighted by atomic mass is 10.1. The molecule has 2 aliphatic heterocycles. The van der Waals surface area contributed by atoms with E-state index in [4.69, 9.17) is 43.6 Å². The van der Waals surface area contributed by atoms with E-state index in [9.17, 15) is 38.7 Å². The summed E-state index contributed by atoms with van der Waals surface area (Å²) < 4.78 is 45.1. The third-order valence-electron chi connectivity index (χ3n) is 6.43. The predicted molar refractivity (Wildman–Crippen MR) is 138 cm³/mol. The summed E-state index contributed by atoms with van der Waals surface area (Å²) in [7, 11) is 0. The molecule has 3 heterocycles. The second-order valence-corrected chi connectivity index (χ2v) is 10.00. The number of carbonyl (C=O) groups excluding carboxylic acids is 7. The summed E-state index contributed by atoms with van der Waals surface area (Å²) in [4.78, 5) is 83.7.